The van der Waals surface area contributed by atoms with Gasteiger partial charge >= 0.3 is 0 Å². The highest BCUT2D eigenvalue weighted by Crippen LogP contribution is 2.29. The highest BCUT2D eigenvalue weighted by Gasteiger charge is 2.29. The van der Waals surface area contributed by atoms with Gasteiger partial charge in [0.05, 0.1) is 0 Å². The molecule has 1 aromatic rings. The zero-order valence-electron chi connectivity index (χ0n) is 11.2. The number of thiophene rings is 1. The van der Waals surface area contributed by atoms with E-state index in [1.165, 1.54) is 30.9 Å². The van der Waals surface area contributed by atoms with Crippen molar-refractivity contribution in [1.29, 1.82) is 0 Å². The fourth-order valence-corrected chi connectivity index (χ4v) is 3.58. The lowest BCUT2D eigenvalue weighted by Gasteiger charge is -2.29. The Morgan fingerprint density at radius 2 is 2.35 bits per heavy atom. The van der Waals surface area contributed by atoms with Crippen LogP contribution in [0.4, 0.5) is 0 Å². The molecule has 3 heteroatoms. The lowest BCUT2D eigenvalue weighted by atomic mass is 9.91. The Morgan fingerprint density at radius 1 is 1.53 bits per heavy atom. The van der Waals surface area contributed by atoms with Crippen LogP contribution in [-0.2, 0) is 5.41 Å². The quantitative estimate of drug-likeness (QED) is 0.867. The summed E-state index contributed by atoms with van der Waals surface area (Å²) >= 11 is 1.88. The number of hydrogen-bond donors (Lipinski definition) is 1. The minimum Gasteiger partial charge on any atom is -0.313 e. The number of rotatable bonds is 5. The summed E-state index contributed by atoms with van der Waals surface area (Å²) in [5.74, 6) is 0. The zero-order chi connectivity index (χ0) is 12.3. The molecule has 2 nitrogen and oxygen atoms in total. The van der Waals surface area contributed by atoms with Gasteiger partial charge in [-0.15, -0.1) is 11.3 Å². The largest absolute Gasteiger partial charge is 0.313 e. The lowest BCUT2D eigenvalue weighted by Crippen LogP contribution is -2.38. The van der Waals surface area contributed by atoms with Gasteiger partial charge in [0.15, 0.2) is 0 Å². The van der Waals surface area contributed by atoms with Crippen LogP contribution in [0.1, 0.15) is 32.1 Å². The van der Waals surface area contributed by atoms with E-state index in [4.69, 9.17) is 0 Å². The Kier molecular flexibility index (Phi) is 4.23. The maximum Gasteiger partial charge on any atom is 0.0207 e. The molecule has 1 saturated heterocycles. The summed E-state index contributed by atoms with van der Waals surface area (Å²) in [4.78, 5) is 4.11. The molecule has 1 aliphatic rings. The second-order valence-electron chi connectivity index (χ2n) is 5.64. The molecule has 1 aromatic heterocycles. The van der Waals surface area contributed by atoms with Gasteiger partial charge in [-0.2, -0.15) is 0 Å². The van der Waals surface area contributed by atoms with Gasteiger partial charge in [0.25, 0.3) is 0 Å². The molecule has 96 valence electrons. The fourth-order valence-electron chi connectivity index (χ4n) is 2.73. The molecule has 1 atom stereocenters. The topological polar surface area (TPSA) is 15.3 Å². The molecule has 1 aliphatic heterocycles. The Morgan fingerprint density at radius 3 is 3.00 bits per heavy atom. The second kappa shape index (κ2) is 5.51. The monoisotopic (exact) mass is 252 g/mol. The van der Waals surface area contributed by atoms with Gasteiger partial charge in [0, 0.05) is 29.4 Å². The number of nitrogens with one attached hydrogen (secondary N) is 1. The third-order valence-electron chi connectivity index (χ3n) is 3.57. The maximum atomic E-state index is 3.56. The standard InChI is InChI=1S/C14H24N2S/c1-4-15-12-7-8-16(10-12)11-14(2,3)13-6-5-9-17-13/h5-6,9,12,15H,4,7-8,10-11H2,1-3H3. The molecule has 17 heavy (non-hydrogen) atoms. The average Bonchev–Trinajstić information content (AvgIpc) is 2.88. The Balaban J connectivity index is 1.89. The van der Waals surface area contributed by atoms with Crippen LogP contribution in [0.5, 0.6) is 0 Å². The molecule has 1 unspecified atom stereocenters. The first-order chi connectivity index (χ1) is 8.12. The molecular formula is C14H24N2S. The van der Waals surface area contributed by atoms with Crippen LogP contribution in [0.25, 0.3) is 0 Å². The van der Waals surface area contributed by atoms with Crippen molar-refractivity contribution < 1.29 is 0 Å². The van der Waals surface area contributed by atoms with Crippen LogP contribution >= 0.6 is 11.3 Å². The van der Waals surface area contributed by atoms with E-state index in [0.717, 1.165) is 6.54 Å². The van der Waals surface area contributed by atoms with Crippen LogP contribution in [0.3, 0.4) is 0 Å². The Bertz CT molecular complexity index is 332. The van der Waals surface area contributed by atoms with E-state index < -0.39 is 0 Å². The molecule has 2 heterocycles. The third-order valence-corrected chi connectivity index (χ3v) is 4.81. The lowest BCUT2D eigenvalue weighted by molar-refractivity contribution is 0.266. The van der Waals surface area contributed by atoms with Gasteiger partial charge < -0.3 is 10.2 Å². The van der Waals surface area contributed by atoms with Crippen molar-refractivity contribution in [1.82, 2.24) is 10.2 Å². The van der Waals surface area contributed by atoms with Crippen LogP contribution in [0.15, 0.2) is 17.5 Å². The van der Waals surface area contributed by atoms with Crippen LogP contribution in [0, 0.1) is 0 Å². The Hall–Kier alpha value is -0.380. The van der Waals surface area contributed by atoms with Gasteiger partial charge in [-0.1, -0.05) is 26.8 Å². The van der Waals surface area contributed by atoms with Gasteiger partial charge in [0.2, 0.25) is 0 Å². The van der Waals surface area contributed by atoms with Crippen molar-refractivity contribution in [2.24, 2.45) is 0 Å². The molecule has 1 N–H and O–H groups in total. The van der Waals surface area contributed by atoms with Crippen LogP contribution in [-0.4, -0.2) is 37.1 Å². The molecule has 1 fully saturated rings. The van der Waals surface area contributed by atoms with Crippen molar-refractivity contribution in [2.75, 3.05) is 26.2 Å². The highest BCUT2D eigenvalue weighted by atomic mass is 32.1. The van der Waals surface area contributed by atoms with E-state index in [9.17, 15) is 0 Å². The molecule has 0 spiro atoms. The highest BCUT2D eigenvalue weighted by molar-refractivity contribution is 7.10. The maximum absolute atomic E-state index is 3.56. The van der Waals surface area contributed by atoms with Crippen LogP contribution < -0.4 is 5.32 Å². The third kappa shape index (κ3) is 3.30. The van der Waals surface area contributed by atoms with Gasteiger partial charge in [-0.3, -0.25) is 0 Å². The number of nitrogens with zero attached hydrogens (tertiary/aromatic N) is 1. The smallest absolute Gasteiger partial charge is 0.0207 e. The number of likely N-dealkylation sites (tertiary alicyclic amines) is 1. The van der Waals surface area contributed by atoms with E-state index in [1.54, 1.807) is 0 Å². The summed E-state index contributed by atoms with van der Waals surface area (Å²) in [5, 5.41) is 5.74. The van der Waals surface area contributed by atoms with E-state index >= 15 is 0 Å². The van der Waals surface area contributed by atoms with E-state index in [2.05, 4.69) is 48.5 Å². The average molecular weight is 252 g/mol. The summed E-state index contributed by atoms with van der Waals surface area (Å²) in [6.07, 6.45) is 1.30. The predicted molar refractivity (Wildman–Crippen MR) is 75.9 cm³/mol. The summed E-state index contributed by atoms with van der Waals surface area (Å²) in [5.41, 5.74) is 0.287. The fraction of sp³-hybridized carbons (Fsp3) is 0.714. The molecule has 0 bridgehead atoms. The number of likely N-dealkylation sites (N-methyl/N-ethyl adjacent to an activating group) is 1. The minimum atomic E-state index is 0.287. The van der Waals surface area contributed by atoms with Crippen molar-refractivity contribution in [3.8, 4) is 0 Å². The molecule has 0 saturated carbocycles. The SMILES string of the molecule is CCNC1CCN(CC(C)(C)c2cccs2)C1. The van der Waals surface area contributed by atoms with Crippen molar-refractivity contribution >= 4 is 11.3 Å². The molecule has 0 amide bonds. The molecule has 0 radical (unpaired) electrons. The van der Waals surface area contributed by atoms with Gasteiger partial charge in [-0.05, 0) is 31.0 Å². The van der Waals surface area contributed by atoms with Gasteiger partial charge in [-0.25, -0.2) is 0 Å². The van der Waals surface area contributed by atoms with E-state index in [-0.39, 0.29) is 5.41 Å². The van der Waals surface area contributed by atoms with E-state index in [0.29, 0.717) is 6.04 Å². The minimum absolute atomic E-state index is 0.287. The molecule has 0 aromatic carbocycles. The predicted octanol–water partition coefficient (Wildman–Crippen LogP) is 2.71. The van der Waals surface area contributed by atoms with Crippen LogP contribution in [0.2, 0.25) is 0 Å². The summed E-state index contributed by atoms with van der Waals surface area (Å²) < 4.78 is 0. The van der Waals surface area contributed by atoms with Gasteiger partial charge in [0.1, 0.15) is 0 Å². The van der Waals surface area contributed by atoms with E-state index in [1.807, 2.05) is 11.3 Å². The number of hydrogen-bond acceptors (Lipinski definition) is 3. The summed E-state index contributed by atoms with van der Waals surface area (Å²) in [6.45, 7) is 11.6. The molecular weight excluding hydrogens is 228 g/mol. The van der Waals surface area contributed by atoms with Crippen molar-refractivity contribution in [3.05, 3.63) is 22.4 Å². The first-order valence-electron chi connectivity index (χ1n) is 6.61. The second-order valence-corrected chi connectivity index (χ2v) is 6.59. The van der Waals surface area contributed by atoms with Crippen molar-refractivity contribution in [3.63, 3.8) is 0 Å². The summed E-state index contributed by atoms with van der Waals surface area (Å²) in [7, 11) is 0. The normalized spacial score (nSPS) is 22.2. The molecule has 2 rings (SSSR count). The first-order valence-corrected chi connectivity index (χ1v) is 7.49. The molecule has 0 aliphatic carbocycles. The Labute approximate surface area is 109 Å². The zero-order valence-corrected chi connectivity index (χ0v) is 12.0. The van der Waals surface area contributed by atoms with Crippen molar-refractivity contribution in [2.45, 2.75) is 38.6 Å². The summed E-state index contributed by atoms with van der Waals surface area (Å²) in [6, 6.07) is 5.13. The first kappa shape index (κ1) is 13.1.